The molecule has 0 amide bonds. The van der Waals surface area contributed by atoms with Crippen LogP contribution in [-0.4, -0.2) is 16.6 Å². The van der Waals surface area contributed by atoms with Crippen LogP contribution >= 0.6 is 0 Å². The number of benzene rings is 1. The number of hydrogen-bond donors (Lipinski definition) is 0. The summed E-state index contributed by atoms with van der Waals surface area (Å²) in [7, 11) is 0. The fraction of sp³-hybridized carbons (Fsp3) is 0.615. The van der Waals surface area contributed by atoms with Crippen LogP contribution < -0.4 is 4.74 Å². The van der Waals surface area contributed by atoms with Gasteiger partial charge in [0.2, 0.25) is 0 Å². The molecule has 0 saturated heterocycles. The number of aryl methyl sites for hydroxylation is 1. The maximum absolute atomic E-state index is 14.3. The summed E-state index contributed by atoms with van der Waals surface area (Å²) in [6, 6.07) is 5.02. The van der Waals surface area contributed by atoms with Crippen molar-refractivity contribution in [3.8, 4) is 17.0 Å². The van der Waals surface area contributed by atoms with E-state index in [0.717, 1.165) is 43.4 Å². The average molecular weight is 415 g/mol. The van der Waals surface area contributed by atoms with Crippen molar-refractivity contribution in [2.75, 3.05) is 6.61 Å². The van der Waals surface area contributed by atoms with Gasteiger partial charge in [-0.1, -0.05) is 78.1 Å². The van der Waals surface area contributed by atoms with E-state index >= 15 is 0 Å². The number of halogens is 1. The Kier molecular flexibility index (Phi) is 12.1. The molecule has 0 atom stereocenters. The van der Waals surface area contributed by atoms with E-state index in [2.05, 4.69) is 23.8 Å². The van der Waals surface area contributed by atoms with Crippen LogP contribution in [0.25, 0.3) is 11.3 Å². The van der Waals surface area contributed by atoms with Crippen molar-refractivity contribution in [1.82, 2.24) is 9.97 Å². The zero-order chi connectivity index (χ0) is 21.4. The molecule has 0 aliphatic rings. The summed E-state index contributed by atoms with van der Waals surface area (Å²) in [5, 5.41) is 0. The Morgan fingerprint density at radius 3 is 2.07 bits per heavy atom. The summed E-state index contributed by atoms with van der Waals surface area (Å²) in [4.78, 5) is 9.02. The maximum atomic E-state index is 14.3. The number of unbranched alkanes of at least 4 members (excludes halogenated alkanes) is 10. The molecule has 0 saturated carbocycles. The van der Waals surface area contributed by atoms with Gasteiger partial charge in [-0.05, 0) is 37.5 Å². The fourth-order valence-electron chi connectivity index (χ4n) is 3.56. The molecule has 3 nitrogen and oxygen atoms in total. The van der Waals surface area contributed by atoms with Gasteiger partial charge in [-0.25, -0.2) is 4.39 Å². The van der Waals surface area contributed by atoms with Crippen molar-refractivity contribution in [2.45, 2.75) is 97.3 Å². The smallest absolute Gasteiger partial charge is 0.165 e. The van der Waals surface area contributed by atoms with Gasteiger partial charge in [-0.15, -0.1) is 0 Å². The first-order valence-corrected chi connectivity index (χ1v) is 12.0. The Bertz CT molecular complexity index is 703. The maximum Gasteiger partial charge on any atom is 0.165 e. The van der Waals surface area contributed by atoms with Gasteiger partial charge in [-0.2, -0.15) is 0 Å². The van der Waals surface area contributed by atoms with Crippen LogP contribution in [-0.2, 0) is 6.42 Å². The molecular formula is C26H39FN2O. The Balaban J connectivity index is 1.71. The van der Waals surface area contributed by atoms with Crippen LogP contribution in [0.5, 0.6) is 5.75 Å². The molecule has 0 N–H and O–H groups in total. The van der Waals surface area contributed by atoms with Crippen LogP contribution in [0.4, 0.5) is 4.39 Å². The highest BCUT2D eigenvalue weighted by Gasteiger charge is 2.08. The number of aromatic nitrogens is 2. The third-order valence-corrected chi connectivity index (χ3v) is 5.47. The van der Waals surface area contributed by atoms with Crippen LogP contribution in [0.1, 0.15) is 96.6 Å². The molecule has 0 bridgehead atoms. The topological polar surface area (TPSA) is 35.0 Å². The van der Waals surface area contributed by atoms with Gasteiger partial charge < -0.3 is 4.74 Å². The van der Waals surface area contributed by atoms with E-state index in [9.17, 15) is 4.39 Å². The molecular weight excluding hydrogens is 375 g/mol. The van der Waals surface area contributed by atoms with E-state index in [-0.39, 0.29) is 5.82 Å². The van der Waals surface area contributed by atoms with Crippen LogP contribution in [0, 0.1) is 5.82 Å². The highest BCUT2D eigenvalue weighted by Crippen LogP contribution is 2.24. The molecule has 1 aromatic carbocycles. The summed E-state index contributed by atoms with van der Waals surface area (Å²) in [5.41, 5.74) is 2.44. The lowest BCUT2D eigenvalue weighted by atomic mass is 10.1. The lowest BCUT2D eigenvalue weighted by Gasteiger charge is -2.08. The minimum Gasteiger partial charge on any atom is -0.491 e. The summed E-state index contributed by atoms with van der Waals surface area (Å²) in [6.07, 6.45) is 19.6. The minimum absolute atomic E-state index is 0.310. The number of ether oxygens (including phenoxy) is 1. The Hall–Kier alpha value is -1.97. The highest BCUT2D eigenvalue weighted by atomic mass is 19.1. The lowest BCUT2D eigenvalue weighted by molar-refractivity contribution is 0.291. The summed E-state index contributed by atoms with van der Waals surface area (Å²) in [5.74, 6) is -0.0330. The number of nitrogens with zero attached hydrogens (tertiary/aromatic N) is 2. The molecule has 166 valence electrons. The molecule has 0 unspecified atom stereocenters. The highest BCUT2D eigenvalue weighted by molar-refractivity contribution is 5.59. The molecule has 30 heavy (non-hydrogen) atoms. The van der Waals surface area contributed by atoms with E-state index in [0.29, 0.717) is 18.1 Å². The van der Waals surface area contributed by atoms with Crippen molar-refractivity contribution < 1.29 is 9.13 Å². The molecule has 2 aromatic rings. The number of hydrogen-bond acceptors (Lipinski definition) is 3. The quantitative estimate of drug-likeness (QED) is 0.262. The molecule has 4 heteroatoms. The van der Waals surface area contributed by atoms with Gasteiger partial charge in [0.1, 0.15) is 0 Å². The van der Waals surface area contributed by atoms with Crippen molar-refractivity contribution in [1.29, 1.82) is 0 Å². The zero-order valence-electron chi connectivity index (χ0n) is 19.0. The average Bonchev–Trinajstić information content (AvgIpc) is 2.77. The molecule has 0 aliphatic carbocycles. The predicted octanol–water partition coefficient (Wildman–Crippen LogP) is 7.93. The van der Waals surface area contributed by atoms with E-state index in [1.54, 1.807) is 12.3 Å². The monoisotopic (exact) mass is 414 g/mol. The van der Waals surface area contributed by atoms with Gasteiger partial charge in [0, 0.05) is 11.8 Å². The Labute approximate surface area is 182 Å². The van der Waals surface area contributed by atoms with Gasteiger partial charge >= 0.3 is 0 Å². The largest absolute Gasteiger partial charge is 0.491 e. The third kappa shape index (κ3) is 9.23. The second-order valence-electron chi connectivity index (χ2n) is 8.17. The van der Waals surface area contributed by atoms with Crippen LogP contribution in [0.3, 0.4) is 0 Å². The second kappa shape index (κ2) is 14.9. The number of rotatable bonds is 16. The normalized spacial score (nSPS) is 11.0. The van der Waals surface area contributed by atoms with E-state index in [1.165, 1.54) is 57.4 Å². The Morgan fingerprint density at radius 2 is 1.43 bits per heavy atom. The van der Waals surface area contributed by atoms with Crippen molar-refractivity contribution >= 4 is 0 Å². The standard InChI is InChI=1S/C26H39FN2O/c1-3-5-7-8-9-10-11-12-13-15-23-20-29-25(21-28-23)22-16-17-26(24(27)19-22)30-18-14-6-4-2/h16-17,19-21H,3-15,18H2,1-2H3. The first-order valence-electron chi connectivity index (χ1n) is 12.0. The molecule has 0 fully saturated rings. The molecule has 0 radical (unpaired) electrons. The van der Waals surface area contributed by atoms with Gasteiger partial charge in [-0.3, -0.25) is 9.97 Å². The molecule has 1 aromatic heterocycles. The second-order valence-corrected chi connectivity index (χ2v) is 8.17. The summed E-state index contributed by atoms with van der Waals surface area (Å²) in [6.45, 7) is 4.95. The van der Waals surface area contributed by atoms with Gasteiger partial charge in [0.05, 0.1) is 24.2 Å². The SMILES string of the molecule is CCCCCCCCCCCc1cnc(-c2ccc(OCCCCC)c(F)c2)cn1. The predicted molar refractivity (Wildman–Crippen MR) is 123 cm³/mol. The van der Waals surface area contributed by atoms with Crippen LogP contribution in [0.15, 0.2) is 30.6 Å². The first-order chi connectivity index (χ1) is 14.7. The summed E-state index contributed by atoms with van der Waals surface area (Å²) >= 11 is 0. The van der Waals surface area contributed by atoms with E-state index < -0.39 is 0 Å². The minimum atomic E-state index is -0.343. The van der Waals surface area contributed by atoms with Crippen molar-refractivity contribution in [2.24, 2.45) is 0 Å². The molecule has 1 heterocycles. The van der Waals surface area contributed by atoms with E-state index in [4.69, 9.17) is 4.74 Å². The fourth-order valence-corrected chi connectivity index (χ4v) is 3.56. The van der Waals surface area contributed by atoms with Crippen molar-refractivity contribution in [3.63, 3.8) is 0 Å². The molecule has 0 spiro atoms. The first kappa shape index (κ1) is 24.3. The van der Waals surface area contributed by atoms with Gasteiger partial charge in [0.15, 0.2) is 11.6 Å². The third-order valence-electron chi connectivity index (χ3n) is 5.47. The zero-order valence-corrected chi connectivity index (χ0v) is 19.0. The summed E-state index contributed by atoms with van der Waals surface area (Å²) < 4.78 is 19.8. The lowest BCUT2D eigenvalue weighted by Crippen LogP contribution is -1.99. The van der Waals surface area contributed by atoms with E-state index in [1.807, 2.05) is 12.3 Å². The van der Waals surface area contributed by atoms with Gasteiger partial charge in [0.25, 0.3) is 0 Å². The van der Waals surface area contributed by atoms with Crippen molar-refractivity contribution in [3.05, 3.63) is 42.1 Å². The molecule has 2 rings (SSSR count). The molecule has 0 aliphatic heterocycles. The Morgan fingerprint density at radius 1 is 0.767 bits per heavy atom. The van der Waals surface area contributed by atoms with Crippen LogP contribution in [0.2, 0.25) is 0 Å².